The van der Waals surface area contributed by atoms with Crippen LogP contribution in [0.3, 0.4) is 0 Å². The fourth-order valence-corrected chi connectivity index (χ4v) is 2.50. The zero-order valence-corrected chi connectivity index (χ0v) is 15.9. The Morgan fingerprint density at radius 1 is 0.818 bits per heavy atom. The number of aryl methyl sites for hydroxylation is 1. The van der Waals surface area contributed by atoms with Gasteiger partial charge in [0.2, 0.25) is 0 Å². The fraction of sp³-hybridized carbons (Fsp3) is 0.611. The molecule has 0 unspecified atom stereocenters. The molecule has 0 atom stereocenters. The first kappa shape index (κ1) is 21.5. The number of aromatic hydroxyl groups is 1. The van der Waals surface area contributed by atoms with Crippen LogP contribution >= 0.6 is 0 Å². The van der Waals surface area contributed by atoms with Gasteiger partial charge in [0.1, 0.15) is 5.75 Å². The van der Waals surface area contributed by atoms with E-state index in [4.69, 9.17) is 0 Å². The Labute approximate surface area is 156 Å². The molecule has 0 bridgehead atoms. The van der Waals surface area contributed by atoms with Crippen molar-refractivity contribution in [1.29, 1.82) is 0 Å². The van der Waals surface area contributed by atoms with Crippen molar-refractivity contribution in [2.24, 2.45) is 0 Å². The summed E-state index contributed by atoms with van der Waals surface area (Å²) in [7, 11) is 0. The summed E-state index contributed by atoms with van der Waals surface area (Å²) in [5.41, 5.74) is 1.29. The van der Waals surface area contributed by atoms with Crippen molar-refractivity contribution in [3.63, 3.8) is 0 Å². The van der Waals surface area contributed by atoms with Crippen molar-refractivity contribution < 1.29 is 44.6 Å². The molecule has 0 saturated carbocycles. The molecule has 0 saturated heterocycles. The van der Waals surface area contributed by atoms with Crippen molar-refractivity contribution in [2.75, 3.05) is 0 Å². The van der Waals surface area contributed by atoms with E-state index in [0.29, 0.717) is 5.75 Å². The summed E-state index contributed by atoms with van der Waals surface area (Å²) in [4.78, 5) is 10.2. The molecule has 22 heavy (non-hydrogen) atoms. The van der Waals surface area contributed by atoms with Crippen molar-refractivity contribution in [3.8, 4) is 5.75 Å². The molecule has 1 aromatic carbocycles. The number of hydrogen-bond acceptors (Lipinski definition) is 3. The van der Waals surface area contributed by atoms with E-state index in [2.05, 4.69) is 0 Å². The third kappa shape index (κ3) is 12.1. The first-order chi connectivity index (χ1) is 10.2. The summed E-state index contributed by atoms with van der Waals surface area (Å²) in [6.07, 6.45) is 11.7. The minimum absolute atomic E-state index is 0. The summed E-state index contributed by atoms with van der Waals surface area (Å²) in [6.45, 7) is 0. The predicted octanol–water partition coefficient (Wildman–Crippen LogP) is 0.590. The average Bonchev–Trinajstić information content (AvgIpc) is 2.46. The number of phenolic OH excluding ortho intramolecular Hbond substituents is 1. The van der Waals surface area contributed by atoms with Crippen LogP contribution in [0, 0.1) is 0 Å². The summed E-state index contributed by atoms with van der Waals surface area (Å²) >= 11 is 0. The second-order valence-corrected chi connectivity index (χ2v) is 5.72. The molecule has 0 heterocycles. The van der Waals surface area contributed by atoms with Gasteiger partial charge in [-0.15, -0.1) is 0 Å². The van der Waals surface area contributed by atoms with E-state index in [1.807, 2.05) is 12.1 Å². The minimum atomic E-state index is -0.927. The van der Waals surface area contributed by atoms with Gasteiger partial charge in [0.15, 0.2) is 0 Å². The van der Waals surface area contributed by atoms with Crippen LogP contribution in [0.2, 0.25) is 0 Å². The van der Waals surface area contributed by atoms with Gasteiger partial charge in [-0.25, -0.2) is 0 Å². The van der Waals surface area contributed by atoms with E-state index >= 15 is 0 Å². The maximum absolute atomic E-state index is 10.2. The van der Waals surface area contributed by atoms with Gasteiger partial charge in [-0.3, -0.25) is 0 Å². The Balaban J connectivity index is 0.00000441. The van der Waals surface area contributed by atoms with Gasteiger partial charge in [0.25, 0.3) is 0 Å². The topological polar surface area (TPSA) is 60.4 Å². The average molecular weight is 314 g/mol. The molecule has 0 aliphatic carbocycles. The monoisotopic (exact) mass is 314 g/mol. The molecule has 118 valence electrons. The standard InChI is InChI=1S/C18H28O3.Na/c19-17-14-12-16(13-15-17)10-8-6-4-2-1-3-5-7-9-11-18(20)21;/h12-15,19H,1-11H2,(H,20,21);/q;+1/p-1. The molecule has 0 aromatic heterocycles. The molecular formula is C18H27NaO3. The maximum Gasteiger partial charge on any atom is 1.00 e. The Hall–Kier alpha value is -0.510. The fourth-order valence-electron chi connectivity index (χ4n) is 2.50. The van der Waals surface area contributed by atoms with Gasteiger partial charge in [-0.05, 0) is 43.4 Å². The van der Waals surface area contributed by atoms with Crippen LogP contribution in [-0.2, 0) is 11.2 Å². The second-order valence-electron chi connectivity index (χ2n) is 5.72. The molecule has 1 N–H and O–H groups in total. The molecule has 1 rings (SSSR count). The third-order valence-electron chi connectivity index (χ3n) is 3.78. The van der Waals surface area contributed by atoms with Gasteiger partial charge < -0.3 is 15.0 Å². The normalized spacial score (nSPS) is 10.2. The first-order valence-corrected chi connectivity index (χ1v) is 8.16. The zero-order valence-electron chi connectivity index (χ0n) is 13.9. The molecule has 1 aromatic rings. The zero-order chi connectivity index (χ0) is 15.3. The number of carbonyl (C=O) groups excluding carboxylic acids is 1. The number of phenols is 1. The quantitative estimate of drug-likeness (QED) is 0.454. The molecule has 0 fully saturated rings. The van der Waals surface area contributed by atoms with Crippen LogP contribution in [0.1, 0.15) is 69.8 Å². The van der Waals surface area contributed by atoms with E-state index in [1.165, 1.54) is 44.1 Å². The van der Waals surface area contributed by atoms with Crippen LogP contribution in [0.4, 0.5) is 0 Å². The van der Waals surface area contributed by atoms with Crippen LogP contribution in [0.5, 0.6) is 5.75 Å². The van der Waals surface area contributed by atoms with Crippen LogP contribution in [0.25, 0.3) is 0 Å². The maximum atomic E-state index is 10.2. The predicted molar refractivity (Wildman–Crippen MR) is 83.0 cm³/mol. The van der Waals surface area contributed by atoms with Gasteiger partial charge >= 0.3 is 29.6 Å². The number of unbranched alkanes of at least 4 members (excludes halogenated alkanes) is 8. The summed E-state index contributed by atoms with van der Waals surface area (Å²) in [5.74, 6) is -0.595. The SMILES string of the molecule is O=C([O-])CCCCCCCCCCCc1ccc(O)cc1.[Na+]. The van der Waals surface area contributed by atoms with Crippen molar-refractivity contribution in [3.05, 3.63) is 29.8 Å². The van der Waals surface area contributed by atoms with Gasteiger partial charge in [-0.1, -0.05) is 57.1 Å². The van der Waals surface area contributed by atoms with E-state index in [1.54, 1.807) is 12.1 Å². The van der Waals surface area contributed by atoms with Gasteiger partial charge in [0.05, 0.1) is 0 Å². The molecule has 0 aliphatic rings. The summed E-state index contributed by atoms with van der Waals surface area (Å²) in [5, 5.41) is 19.4. The molecule has 0 spiro atoms. The van der Waals surface area contributed by atoms with Crippen molar-refractivity contribution >= 4 is 5.97 Å². The smallest absolute Gasteiger partial charge is 0.550 e. The third-order valence-corrected chi connectivity index (χ3v) is 3.78. The van der Waals surface area contributed by atoms with Crippen LogP contribution in [-0.4, -0.2) is 11.1 Å². The number of carboxylic acid groups (broad SMARTS) is 1. The number of hydrogen-bond donors (Lipinski definition) is 1. The number of rotatable bonds is 12. The molecule has 0 radical (unpaired) electrons. The second kappa shape index (κ2) is 14.1. The number of benzene rings is 1. The van der Waals surface area contributed by atoms with Gasteiger partial charge in [0, 0.05) is 5.97 Å². The summed E-state index contributed by atoms with van der Waals surface area (Å²) in [6, 6.07) is 7.47. The van der Waals surface area contributed by atoms with Crippen LogP contribution < -0.4 is 34.7 Å². The summed E-state index contributed by atoms with van der Waals surface area (Å²) < 4.78 is 0. The number of aliphatic carboxylic acids is 1. The molecular weight excluding hydrogens is 287 g/mol. The molecule has 4 heteroatoms. The Bertz CT molecular complexity index is 390. The van der Waals surface area contributed by atoms with E-state index in [0.717, 1.165) is 25.7 Å². The van der Waals surface area contributed by atoms with E-state index in [9.17, 15) is 15.0 Å². The minimum Gasteiger partial charge on any atom is -0.550 e. The molecule has 0 amide bonds. The number of carbonyl (C=O) groups is 1. The van der Waals surface area contributed by atoms with Crippen LogP contribution in [0.15, 0.2) is 24.3 Å². The number of carboxylic acids is 1. The Kier molecular flexibility index (Phi) is 13.8. The molecule has 3 nitrogen and oxygen atoms in total. The first-order valence-electron chi connectivity index (χ1n) is 8.16. The van der Waals surface area contributed by atoms with E-state index in [-0.39, 0.29) is 36.0 Å². The van der Waals surface area contributed by atoms with Crippen molar-refractivity contribution in [1.82, 2.24) is 0 Å². The van der Waals surface area contributed by atoms with Gasteiger partial charge in [-0.2, -0.15) is 0 Å². The van der Waals surface area contributed by atoms with Crippen molar-refractivity contribution in [2.45, 2.75) is 70.6 Å². The Morgan fingerprint density at radius 2 is 1.27 bits per heavy atom. The molecule has 0 aliphatic heterocycles. The largest absolute Gasteiger partial charge is 1.00 e. The Morgan fingerprint density at radius 3 is 1.77 bits per heavy atom. The van der Waals surface area contributed by atoms with E-state index < -0.39 is 5.97 Å².